The summed E-state index contributed by atoms with van der Waals surface area (Å²) < 4.78 is 25.8. The maximum Gasteiger partial charge on any atom is 0.428 e. The van der Waals surface area contributed by atoms with Gasteiger partial charge in [0.15, 0.2) is 11.6 Å². The van der Waals surface area contributed by atoms with Gasteiger partial charge in [-0.25, -0.2) is 14.2 Å². The Morgan fingerprint density at radius 1 is 1.17 bits per heavy atom. The number of benzene rings is 2. The van der Waals surface area contributed by atoms with Crippen LogP contribution in [0.15, 0.2) is 42.5 Å². The minimum Gasteiger partial charge on any atom is -0.452 e. The molecule has 1 saturated carbocycles. The number of carbonyl (C=O) groups excluding carboxylic acids is 1. The molecule has 0 unspecified atom stereocenters. The van der Waals surface area contributed by atoms with Crippen molar-refractivity contribution in [1.29, 1.82) is 0 Å². The van der Waals surface area contributed by atoms with Crippen LogP contribution in [0.3, 0.4) is 0 Å². The van der Waals surface area contributed by atoms with E-state index in [-0.39, 0.29) is 29.1 Å². The van der Waals surface area contributed by atoms with E-state index in [2.05, 4.69) is 15.6 Å². The van der Waals surface area contributed by atoms with E-state index in [1.54, 1.807) is 31.2 Å². The average Bonchev–Trinajstić information content (AvgIpc) is 3.67. The monoisotopic (exact) mass is 494 g/mol. The van der Waals surface area contributed by atoms with Crippen LogP contribution in [0.5, 0.6) is 11.6 Å². The largest absolute Gasteiger partial charge is 0.452 e. The van der Waals surface area contributed by atoms with E-state index < -0.39 is 11.9 Å². The lowest BCUT2D eigenvalue weighted by Crippen LogP contribution is -2.45. The maximum absolute atomic E-state index is 15.0. The Hall–Kier alpha value is -3.59. The van der Waals surface area contributed by atoms with Crippen molar-refractivity contribution in [3.8, 4) is 11.6 Å². The van der Waals surface area contributed by atoms with Gasteiger partial charge in [0.05, 0.1) is 24.9 Å². The van der Waals surface area contributed by atoms with Crippen molar-refractivity contribution in [3.05, 3.63) is 81.8 Å². The normalized spacial score (nSPS) is 12.7. The third kappa shape index (κ3) is 5.74. The number of halogens is 1. The number of thiocarbonyl (C=S) groups is 1. The number of hydrogen-bond acceptors (Lipinski definition) is 6. The van der Waals surface area contributed by atoms with Gasteiger partial charge in [-0.3, -0.25) is 5.43 Å². The van der Waals surface area contributed by atoms with Crippen LogP contribution in [-0.4, -0.2) is 33.4 Å². The van der Waals surface area contributed by atoms with Gasteiger partial charge in [0.25, 0.3) is 0 Å². The number of carbonyl (C=O) groups is 1. The summed E-state index contributed by atoms with van der Waals surface area (Å²) in [6.07, 6.45) is 1.32. The fourth-order valence-electron chi connectivity index (χ4n) is 3.77. The second-order valence-electron chi connectivity index (χ2n) is 8.67. The van der Waals surface area contributed by atoms with Gasteiger partial charge in [-0.1, -0.05) is 48.1 Å². The number of hydrogen-bond donors (Lipinski definition) is 1. The van der Waals surface area contributed by atoms with Gasteiger partial charge in [-0.05, 0) is 68.4 Å². The first-order valence-electron chi connectivity index (χ1n) is 11.3. The van der Waals surface area contributed by atoms with Crippen LogP contribution in [0.2, 0.25) is 0 Å². The van der Waals surface area contributed by atoms with Gasteiger partial charge in [0.1, 0.15) is 4.99 Å². The molecule has 1 aliphatic rings. The standard InChI is InChI=1S/C26H27FN4O3S/c1-15-8-9-19(16(2)12-15)14-31(26(32)33-4)30-25(35)21-13-17(3)28-29-24(21)34-22-7-5-6-20(23(22)27)18-10-11-18/h5-9,12-13,18H,10-11,14H2,1-4H3,(H,30,35). The third-order valence-electron chi connectivity index (χ3n) is 5.80. The topological polar surface area (TPSA) is 76.6 Å². The van der Waals surface area contributed by atoms with E-state index in [1.165, 1.54) is 12.1 Å². The highest BCUT2D eigenvalue weighted by molar-refractivity contribution is 7.80. The Labute approximate surface area is 209 Å². The molecule has 1 amide bonds. The number of hydrazine groups is 1. The van der Waals surface area contributed by atoms with Crippen LogP contribution in [0.1, 0.15) is 52.3 Å². The highest BCUT2D eigenvalue weighted by Gasteiger charge is 2.28. The van der Waals surface area contributed by atoms with E-state index in [0.29, 0.717) is 16.8 Å². The molecule has 0 atom stereocenters. The zero-order valence-electron chi connectivity index (χ0n) is 20.1. The van der Waals surface area contributed by atoms with Gasteiger partial charge < -0.3 is 9.47 Å². The van der Waals surface area contributed by atoms with Crippen molar-refractivity contribution >= 4 is 23.3 Å². The fourth-order valence-corrected chi connectivity index (χ4v) is 4.03. The quantitative estimate of drug-likeness (QED) is 0.350. The molecule has 1 aromatic heterocycles. The number of aryl methyl sites for hydroxylation is 3. The minimum absolute atomic E-state index is 0.0382. The fraction of sp³-hybridized carbons (Fsp3) is 0.308. The molecule has 0 saturated heterocycles. The molecule has 1 aliphatic carbocycles. The van der Waals surface area contributed by atoms with Gasteiger partial charge >= 0.3 is 6.09 Å². The summed E-state index contributed by atoms with van der Waals surface area (Å²) in [6.45, 7) is 5.95. The van der Waals surface area contributed by atoms with Crippen molar-refractivity contribution in [3.63, 3.8) is 0 Å². The molecule has 1 N–H and O–H groups in total. The lowest BCUT2D eigenvalue weighted by molar-refractivity contribution is 0.110. The van der Waals surface area contributed by atoms with Gasteiger partial charge in [-0.15, -0.1) is 5.10 Å². The molecule has 0 radical (unpaired) electrons. The van der Waals surface area contributed by atoms with Gasteiger partial charge in [-0.2, -0.15) is 5.10 Å². The smallest absolute Gasteiger partial charge is 0.428 e. The number of methoxy groups -OCH3 is 1. The lowest BCUT2D eigenvalue weighted by Gasteiger charge is -2.24. The van der Waals surface area contributed by atoms with E-state index in [9.17, 15) is 4.79 Å². The van der Waals surface area contributed by atoms with E-state index >= 15 is 4.39 Å². The van der Waals surface area contributed by atoms with Crippen molar-refractivity contribution in [2.75, 3.05) is 7.11 Å². The second kappa shape index (κ2) is 10.4. The van der Waals surface area contributed by atoms with Crippen LogP contribution in [0.4, 0.5) is 9.18 Å². The summed E-state index contributed by atoms with van der Waals surface area (Å²) in [6, 6.07) is 12.7. The molecule has 3 aromatic rings. The zero-order valence-corrected chi connectivity index (χ0v) is 20.9. The Kier molecular flexibility index (Phi) is 7.25. The number of ether oxygens (including phenoxy) is 2. The lowest BCUT2D eigenvalue weighted by atomic mass is 10.1. The molecule has 35 heavy (non-hydrogen) atoms. The number of nitrogens with one attached hydrogen (secondary N) is 1. The first-order valence-corrected chi connectivity index (χ1v) is 11.7. The van der Waals surface area contributed by atoms with Crippen molar-refractivity contribution in [1.82, 2.24) is 20.6 Å². The van der Waals surface area contributed by atoms with E-state index in [0.717, 1.165) is 29.5 Å². The SMILES string of the molecule is COC(=O)N(Cc1ccc(C)cc1C)NC(=S)c1cc(C)nnc1Oc1cccc(C2CC2)c1F. The molecule has 1 heterocycles. The first kappa shape index (κ1) is 24.5. The summed E-state index contributed by atoms with van der Waals surface area (Å²) in [7, 11) is 1.30. The predicted octanol–water partition coefficient (Wildman–Crippen LogP) is 5.66. The molecule has 0 aliphatic heterocycles. The molecule has 0 spiro atoms. The van der Waals surface area contributed by atoms with E-state index in [4.69, 9.17) is 21.7 Å². The van der Waals surface area contributed by atoms with Crippen LogP contribution in [0, 0.1) is 26.6 Å². The summed E-state index contributed by atoms with van der Waals surface area (Å²) >= 11 is 5.61. The number of rotatable bonds is 6. The molecule has 182 valence electrons. The molecule has 7 nitrogen and oxygen atoms in total. The molecule has 1 fully saturated rings. The number of nitrogens with zero attached hydrogens (tertiary/aromatic N) is 3. The molecule has 4 rings (SSSR count). The Bertz CT molecular complexity index is 1280. The summed E-state index contributed by atoms with van der Waals surface area (Å²) in [5.41, 5.74) is 7.60. The molecular formula is C26H27FN4O3S. The second-order valence-corrected chi connectivity index (χ2v) is 9.08. The average molecular weight is 495 g/mol. The predicted molar refractivity (Wildman–Crippen MR) is 134 cm³/mol. The first-order chi connectivity index (χ1) is 16.8. The molecule has 2 aromatic carbocycles. The summed E-state index contributed by atoms with van der Waals surface area (Å²) in [5.74, 6) is -0.0927. The zero-order chi connectivity index (χ0) is 25.1. The van der Waals surface area contributed by atoms with Gasteiger partial charge in [0.2, 0.25) is 5.88 Å². The Morgan fingerprint density at radius 3 is 2.63 bits per heavy atom. The highest BCUT2D eigenvalue weighted by Crippen LogP contribution is 2.43. The molecule has 0 bridgehead atoms. The van der Waals surface area contributed by atoms with Crippen molar-refractivity contribution in [2.45, 2.75) is 46.1 Å². The van der Waals surface area contributed by atoms with Gasteiger partial charge in [0, 0.05) is 0 Å². The molecule has 9 heteroatoms. The van der Waals surface area contributed by atoms with Crippen LogP contribution < -0.4 is 10.2 Å². The highest BCUT2D eigenvalue weighted by atomic mass is 32.1. The number of aromatic nitrogens is 2. The van der Waals surface area contributed by atoms with Crippen molar-refractivity contribution < 1.29 is 18.7 Å². The summed E-state index contributed by atoms with van der Waals surface area (Å²) in [5, 5.41) is 9.42. The minimum atomic E-state index is -0.614. The van der Waals surface area contributed by atoms with Crippen LogP contribution >= 0.6 is 12.2 Å². The van der Waals surface area contributed by atoms with Crippen LogP contribution in [0.25, 0.3) is 0 Å². The number of amides is 1. The summed E-state index contributed by atoms with van der Waals surface area (Å²) in [4.78, 5) is 12.7. The Balaban J connectivity index is 1.60. The Morgan fingerprint density at radius 2 is 1.94 bits per heavy atom. The van der Waals surface area contributed by atoms with E-state index in [1.807, 2.05) is 32.0 Å². The maximum atomic E-state index is 15.0. The van der Waals surface area contributed by atoms with Crippen LogP contribution in [-0.2, 0) is 11.3 Å². The molecular weight excluding hydrogens is 467 g/mol. The third-order valence-corrected chi connectivity index (χ3v) is 6.11. The van der Waals surface area contributed by atoms with Crippen molar-refractivity contribution in [2.24, 2.45) is 0 Å².